The van der Waals surface area contributed by atoms with E-state index in [0.29, 0.717) is 5.82 Å². The second-order valence-electron chi connectivity index (χ2n) is 7.67. The topological polar surface area (TPSA) is 46.0 Å². The number of hydrogen-bond donors (Lipinski definition) is 1. The quantitative estimate of drug-likeness (QED) is 0.867. The number of pyridine rings is 1. The monoisotopic (exact) mass is 379 g/mol. The van der Waals surface area contributed by atoms with Gasteiger partial charge in [-0.3, -0.25) is 9.88 Å². The van der Waals surface area contributed by atoms with E-state index in [2.05, 4.69) is 20.3 Å². The number of aryl methyl sites for hydroxylation is 1. The molecule has 0 aliphatic carbocycles. The van der Waals surface area contributed by atoms with Crippen LogP contribution in [-0.2, 0) is 6.54 Å². The fourth-order valence-electron chi connectivity index (χ4n) is 4.19. The van der Waals surface area contributed by atoms with Gasteiger partial charge in [0.15, 0.2) is 6.04 Å². The van der Waals surface area contributed by atoms with E-state index in [-0.39, 0.29) is 18.5 Å². The highest BCUT2D eigenvalue weighted by atomic mass is 19.4. The Morgan fingerprint density at radius 3 is 2.89 bits per heavy atom. The maximum absolute atomic E-state index is 13.5. The average Bonchev–Trinajstić information content (AvgIpc) is 3.21. The Hall–Kier alpha value is -2.09. The molecule has 0 radical (unpaired) electrons. The van der Waals surface area contributed by atoms with Crippen LogP contribution < -0.4 is 5.32 Å². The first-order valence-corrected chi connectivity index (χ1v) is 9.39. The lowest BCUT2D eigenvalue weighted by Crippen LogP contribution is -2.37. The van der Waals surface area contributed by atoms with Crippen LogP contribution in [0.25, 0.3) is 0 Å². The summed E-state index contributed by atoms with van der Waals surface area (Å²) >= 11 is 0. The lowest BCUT2D eigenvalue weighted by atomic mass is 10.1. The van der Waals surface area contributed by atoms with E-state index < -0.39 is 12.2 Å². The molecule has 27 heavy (non-hydrogen) atoms. The first-order valence-electron chi connectivity index (χ1n) is 9.39. The van der Waals surface area contributed by atoms with Crippen LogP contribution in [0.15, 0.2) is 24.5 Å². The number of nitrogens with zero attached hydrogens (tertiary/aromatic N) is 4. The molecule has 5 nitrogen and oxygen atoms in total. The summed E-state index contributed by atoms with van der Waals surface area (Å²) in [4.78, 5) is 6.44. The number of likely N-dealkylation sites (tertiary alicyclic amines) is 1. The molecule has 0 amide bonds. The van der Waals surface area contributed by atoms with Crippen molar-refractivity contribution in [3.05, 3.63) is 41.3 Å². The second kappa shape index (κ2) is 6.82. The summed E-state index contributed by atoms with van der Waals surface area (Å²) in [6.07, 6.45) is 1.26. The number of fused-ring (bicyclic) bond motifs is 1. The van der Waals surface area contributed by atoms with Crippen LogP contribution >= 0.6 is 0 Å². The Morgan fingerprint density at radius 2 is 2.15 bits per heavy atom. The predicted octanol–water partition coefficient (Wildman–Crippen LogP) is 4.23. The van der Waals surface area contributed by atoms with Crippen molar-refractivity contribution in [2.45, 2.75) is 64.0 Å². The summed E-state index contributed by atoms with van der Waals surface area (Å²) in [5, 5.41) is 7.56. The highest BCUT2D eigenvalue weighted by molar-refractivity contribution is 5.42. The molecule has 4 heterocycles. The Morgan fingerprint density at radius 1 is 1.33 bits per heavy atom. The van der Waals surface area contributed by atoms with Crippen molar-refractivity contribution < 1.29 is 13.2 Å². The molecule has 0 spiro atoms. The number of nitrogens with one attached hydrogen (secondary N) is 1. The minimum absolute atomic E-state index is 0.00219. The standard InChI is InChI=1S/C19H24F3N5/c1-12-10-23-6-5-14(12)11-26-7-3-4-16(26)15-9-18-24-13(2)8-17(19(20,21)22)27(18)25-15/h5-6,9-10,13,16-17,24H,3-4,7-8,11H2,1-2H3/t13-,16+,17-/m1/s1. The van der Waals surface area contributed by atoms with Gasteiger partial charge in [0.2, 0.25) is 0 Å². The number of aromatic nitrogens is 3. The van der Waals surface area contributed by atoms with Gasteiger partial charge in [0.25, 0.3) is 0 Å². The Labute approximate surface area is 156 Å². The van der Waals surface area contributed by atoms with Gasteiger partial charge < -0.3 is 5.32 Å². The van der Waals surface area contributed by atoms with E-state index in [9.17, 15) is 13.2 Å². The molecule has 2 aromatic heterocycles. The van der Waals surface area contributed by atoms with E-state index in [1.807, 2.05) is 19.2 Å². The molecular weight excluding hydrogens is 355 g/mol. The molecular formula is C19H24F3N5. The van der Waals surface area contributed by atoms with Gasteiger partial charge in [-0.2, -0.15) is 18.3 Å². The molecule has 3 atom stereocenters. The van der Waals surface area contributed by atoms with Crippen LogP contribution in [0, 0.1) is 6.92 Å². The van der Waals surface area contributed by atoms with Crippen LogP contribution in [0.3, 0.4) is 0 Å². The van der Waals surface area contributed by atoms with Crippen LogP contribution in [0.2, 0.25) is 0 Å². The molecule has 0 unspecified atom stereocenters. The van der Waals surface area contributed by atoms with Gasteiger partial charge in [-0.15, -0.1) is 0 Å². The number of alkyl halides is 3. The molecule has 1 fully saturated rings. The van der Waals surface area contributed by atoms with Crippen molar-refractivity contribution in [1.29, 1.82) is 0 Å². The number of rotatable bonds is 3. The first kappa shape index (κ1) is 18.3. The predicted molar refractivity (Wildman–Crippen MR) is 96.4 cm³/mol. The number of hydrogen-bond acceptors (Lipinski definition) is 4. The fourth-order valence-corrected chi connectivity index (χ4v) is 4.19. The van der Waals surface area contributed by atoms with E-state index in [1.165, 1.54) is 5.56 Å². The van der Waals surface area contributed by atoms with Gasteiger partial charge in [0, 0.05) is 31.0 Å². The average molecular weight is 379 g/mol. The molecule has 4 rings (SSSR count). The zero-order valence-electron chi connectivity index (χ0n) is 15.5. The zero-order chi connectivity index (χ0) is 19.2. The SMILES string of the molecule is Cc1cnccc1CN1CCC[C@H]1c1cc2n(n1)[C@@H](C(F)(F)F)C[C@@H](C)N2. The van der Waals surface area contributed by atoms with Crippen LogP contribution in [0.5, 0.6) is 0 Å². The van der Waals surface area contributed by atoms with Crippen LogP contribution in [0.1, 0.15) is 55.1 Å². The lowest BCUT2D eigenvalue weighted by molar-refractivity contribution is -0.173. The van der Waals surface area contributed by atoms with Crippen molar-refractivity contribution >= 4 is 5.82 Å². The van der Waals surface area contributed by atoms with Crippen molar-refractivity contribution in [2.24, 2.45) is 0 Å². The maximum atomic E-state index is 13.5. The van der Waals surface area contributed by atoms with E-state index in [0.717, 1.165) is 41.9 Å². The van der Waals surface area contributed by atoms with E-state index >= 15 is 0 Å². The summed E-state index contributed by atoms with van der Waals surface area (Å²) in [6.45, 7) is 5.49. The largest absolute Gasteiger partial charge is 0.410 e. The number of anilines is 1. The summed E-state index contributed by atoms with van der Waals surface area (Å²) in [5.41, 5.74) is 3.05. The van der Waals surface area contributed by atoms with Crippen LogP contribution in [0.4, 0.5) is 19.0 Å². The third-order valence-electron chi connectivity index (χ3n) is 5.61. The summed E-state index contributed by atoms with van der Waals surface area (Å²) < 4.78 is 41.6. The molecule has 146 valence electrons. The molecule has 8 heteroatoms. The molecule has 0 aromatic carbocycles. The zero-order valence-corrected chi connectivity index (χ0v) is 15.5. The van der Waals surface area contributed by atoms with Gasteiger partial charge in [-0.1, -0.05) is 0 Å². The maximum Gasteiger partial charge on any atom is 0.410 e. The van der Waals surface area contributed by atoms with E-state index in [1.54, 1.807) is 19.2 Å². The third kappa shape index (κ3) is 3.54. The van der Waals surface area contributed by atoms with Gasteiger partial charge in [-0.25, -0.2) is 4.68 Å². The molecule has 2 aliphatic heterocycles. The highest BCUT2D eigenvalue weighted by Crippen LogP contribution is 2.41. The molecule has 1 N–H and O–H groups in total. The Balaban J connectivity index is 1.61. The van der Waals surface area contributed by atoms with Crippen LogP contribution in [-0.4, -0.2) is 38.4 Å². The third-order valence-corrected chi connectivity index (χ3v) is 5.61. The highest BCUT2D eigenvalue weighted by Gasteiger charge is 2.46. The number of halogens is 3. The van der Waals surface area contributed by atoms with Crippen molar-refractivity contribution in [3.63, 3.8) is 0 Å². The van der Waals surface area contributed by atoms with Gasteiger partial charge in [-0.05, 0) is 56.8 Å². The van der Waals surface area contributed by atoms with Crippen molar-refractivity contribution in [2.75, 3.05) is 11.9 Å². The Bertz CT molecular complexity index is 816. The summed E-state index contributed by atoms with van der Waals surface area (Å²) in [7, 11) is 0. The van der Waals surface area contributed by atoms with Crippen molar-refractivity contribution in [3.8, 4) is 0 Å². The first-order chi connectivity index (χ1) is 12.8. The molecule has 2 aliphatic rings. The Kier molecular flexibility index (Phi) is 4.61. The minimum atomic E-state index is -4.29. The van der Waals surface area contributed by atoms with Gasteiger partial charge in [0.05, 0.1) is 11.7 Å². The lowest BCUT2D eigenvalue weighted by Gasteiger charge is -2.31. The second-order valence-corrected chi connectivity index (χ2v) is 7.67. The molecule has 0 saturated carbocycles. The fraction of sp³-hybridized carbons (Fsp3) is 0.579. The smallest absolute Gasteiger partial charge is 0.368 e. The molecule has 2 aromatic rings. The minimum Gasteiger partial charge on any atom is -0.368 e. The summed E-state index contributed by atoms with van der Waals surface area (Å²) in [5.74, 6) is 0.470. The van der Waals surface area contributed by atoms with E-state index in [4.69, 9.17) is 0 Å². The summed E-state index contributed by atoms with van der Waals surface area (Å²) in [6, 6.07) is 2.06. The van der Waals surface area contributed by atoms with Gasteiger partial charge >= 0.3 is 6.18 Å². The normalized spacial score (nSPS) is 26.0. The molecule has 1 saturated heterocycles. The van der Waals surface area contributed by atoms with Crippen molar-refractivity contribution in [1.82, 2.24) is 19.7 Å². The van der Waals surface area contributed by atoms with Gasteiger partial charge in [0.1, 0.15) is 5.82 Å². The molecule has 0 bridgehead atoms.